The minimum Gasteiger partial charge on any atom is -0.508 e. The molecule has 0 radical (unpaired) electrons. The van der Waals surface area contributed by atoms with Gasteiger partial charge in [0.15, 0.2) is 0 Å². The zero-order valence-corrected chi connectivity index (χ0v) is 15.9. The van der Waals surface area contributed by atoms with E-state index < -0.39 is 11.9 Å². The van der Waals surface area contributed by atoms with Crippen molar-refractivity contribution in [1.29, 1.82) is 0 Å². The number of rotatable bonds is 8. The van der Waals surface area contributed by atoms with Crippen LogP contribution in [-0.2, 0) is 20.7 Å². The minimum atomic E-state index is -0.528. The first kappa shape index (κ1) is 21.0. The molecule has 0 spiro atoms. The largest absolute Gasteiger partial charge is 0.508 e. The summed E-state index contributed by atoms with van der Waals surface area (Å²) in [6, 6.07) is 10.9. The molecule has 0 saturated heterocycles. The maximum atomic E-state index is 12.6. The van der Waals surface area contributed by atoms with Crippen molar-refractivity contribution in [3.63, 3.8) is 0 Å². The van der Waals surface area contributed by atoms with Gasteiger partial charge in [-0.25, -0.2) is 4.79 Å². The van der Waals surface area contributed by atoms with Crippen LogP contribution in [0.25, 0.3) is 0 Å². The molecule has 0 saturated carbocycles. The molecule has 0 unspecified atom stereocenters. The predicted octanol–water partition coefficient (Wildman–Crippen LogP) is 3.32. The third-order valence-electron chi connectivity index (χ3n) is 3.92. The van der Waals surface area contributed by atoms with E-state index in [1.54, 1.807) is 38.1 Å². The van der Waals surface area contributed by atoms with Gasteiger partial charge in [-0.3, -0.25) is 9.59 Å². The van der Waals surface area contributed by atoms with Crippen LogP contribution in [0.3, 0.4) is 0 Å². The number of phenols is 1. The second-order valence-electron chi connectivity index (χ2n) is 5.87. The van der Waals surface area contributed by atoms with Crippen LogP contribution in [0.1, 0.15) is 46.5 Å². The number of carbonyl (C=O) groups excluding carboxylic acids is 3. The summed E-state index contributed by atoms with van der Waals surface area (Å²) in [4.78, 5) is 36.2. The number of anilines is 1. The van der Waals surface area contributed by atoms with Crippen LogP contribution >= 0.6 is 0 Å². The molecule has 1 amide bonds. The third-order valence-corrected chi connectivity index (χ3v) is 3.92. The Morgan fingerprint density at radius 1 is 1.00 bits per heavy atom. The Kier molecular flexibility index (Phi) is 7.56. The first-order valence-corrected chi connectivity index (χ1v) is 9.01. The number of carbonyl (C=O) groups is 3. The summed E-state index contributed by atoms with van der Waals surface area (Å²) in [6.07, 6.45) is 0.337. The molecule has 2 N–H and O–H groups in total. The van der Waals surface area contributed by atoms with E-state index in [9.17, 15) is 19.5 Å². The van der Waals surface area contributed by atoms with E-state index >= 15 is 0 Å². The second kappa shape index (κ2) is 10.1. The third kappa shape index (κ3) is 5.57. The number of benzene rings is 2. The summed E-state index contributed by atoms with van der Waals surface area (Å²) in [6.45, 7) is 3.93. The number of aryl methyl sites for hydroxylation is 1. The second-order valence-corrected chi connectivity index (χ2v) is 5.87. The van der Waals surface area contributed by atoms with Crippen LogP contribution in [0.15, 0.2) is 42.5 Å². The van der Waals surface area contributed by atoms with Crippen LogP contribution in [0.5, 0.6) is 5.75 Å². The Morgan fingerprint density at radius 3 is 2.43 bits per heavy atom. The number of ether oxygens (including phenoxy) is 2. The van der Waals surface area contributed by atoms with E-state index in [4.69, 9.17) is 9.47 Å². The summed E-state index contributed by atoms with van der Waals surface area (Å²) in [5.74, 6) is -1.36. The van der Waals surface area contributed by atoms with Crippen molar-refractivity contribution in [2.24, 2.45) is 0 Å². The van der Waals surface area contributed by atoms with Gasteiger partial charge in [-0.15, -0.1) is 0 Å². The normalized spacial score (nSPS) is 10.2. The fraction of sp³-hybridized carbons (Fsp3) is 0.286. The Balaban J connectivity index is 2.16. The highest BCUT2D eigenvalue weighted by Crippen LogP contribution is 2.22. The fourth-order valence-electron chi connectivity index (χ4n) is 2.57. The van der Waals surface area contributed by atoms with Crippen LogP contribution in [0.2, 0.25) is 0 Å². The maximum Gasteiger partial charge on any atom is 0.340 e. The molecule has 2 aromatic rings. The number of para-hydroxylation sites is 1. The SMILES string of the molecule is CCOC(=O)CCc1cc(C(=O)Nc2ccccc2C(=O)OCC)ccc1O. The van der Waals surface area contributed by atoms with Gasteiger partial charge in [0.05, 0.1) is 24.5 Å². The molecule has 28 heavy (non-hydrogen) atoms. The zero-order valence-electron chi connectivity index (χ0n) is 15.9. The average Bonchev–Trinajstić information content (AvgIpc) is 2.68. The van der Waals surface area contributed by atoms with Crippen molar-refractivity contribution in [2.45, 2.75) is 26.7 Å². The van der Waals surface area contributed by atoms with Crippen LogP contribution < -0.4 is 5.32 Å². The van der Waals surface area contributed by atoms with Crippen LogP contribution in [-0.4, -0.2) is 36.2 Å². The molecule has 0 bridgehead atoms. The molecule has 0 heterocycles. The summed E-state index contributed by atoms with van der Waals surface area (Å²) in [7, 11) is 0. The maximum absolute atomic E-state index is 12.6. The van der Waals surface area contributed by atoms with Crippen molar-refractivity contribution < 1.29 is 29.0 Å². The topological polar surface area (TPSA) is 102 Å². The van der Waals surface area contributed by atoms with Gasteiger partial charge in [0.1, 0.15) is 5.75 Å². The van der Waals surface area contributed by atoms with Crippen molar-refractivity contribution in [3.8, 4) is 5.75 Å². The van der Waals surface area contributed by atoms with Gasteiger partial charge in [-0.1, -0.05) is 12.1 Å². The molecule has 0 aliphatic rings. The quantitative estimate of drug-likeness (QED) is 0.676. The average molecular weight is 385 g/mol. The number of phenolic OH excluding ortho intramolecular Hbond substituents is 1. The summed E-state index contributed by atoms with van der Waals surface area (Å²) in [5.41, 5.74) is 1.32. The molecule has 2 aromatic carbocycles. The Labute approximate surface area is 163 Å². The van der Waals surface area contributed by atoms with Gasteiger partial charge >= 0.3 is 11.9 Å². The first-order chi connectivity index (χ1) is 13.5. The van der Waals surface area contributed by atoms with Gasteiger partial charge in [0.2, 0.25) is 0 Å². The molecule has 148 valence electrons. The molecular weight excluding hydrogens is 362 g/mol. The van der Waals surface area contributed by atoms with E-state index in [-0.39, 0.29) is 48.9 Å². The van der Waals surface area contributed by atoms with E-state index in [1.807, 2.05) is 0 Å². The minimum absolute atomic E-state index is 0.00669. The van der Waals surface area contributed by atoms with E-state index in [2.05, 4.69) is 5.32 Å². The first-order valence-electron chi connectivity index (χ1n) is 9.01. The smallest absolute Gasteiger partial charge is 0.340 e. The van der Waals surface area contributed by atoms with E-state index in [0.717, 1.165) is 0 Å². The molecule has 2 rings (SSSR count). The van der Waals surface area contributed by atoms with Crippen molar-refractivity contribution in [3.05, 3.63) is 59.2 Å². The van der Waals surface area contributed by atoms with Gasteiger partial charge in [0, 0.05) is 12.0 Å². The van der Waals surface area contributed by atoms with Crippen LogP contribution in [0, 0.1) is 0 Å². The molecule has 0 atom stereocenters. The number of esters is 2. The van der Waals surface area contributed by atoms with Crippen molar-refractivity contribution >= 4 is 23.5 Å². The Morgan fingerprint density at radius 2 is 1.71 bits per heavy atom. The Hall–Kier alpha value is -3.35. The van der Waals surface area contributed by atoms with E-state index in [1.165, 1.54) is 18.2 Å². The number of hydrogen-bond donors (Lipinski definition) is 2. The lowest BCUT2D eigenvalue weighted by Gasteiger charge is -2.11. The van der Waals surface area contributed by atoms with Gasteiger partial charge in [0.25, 0.3) is 5.91 Å². The number of hydrogen-bond acceptors (Lipinski definition) is 6. The van der Waals surface area contributed by atoms with Crippen LogP contribution in [0.4, 0.5) is 5.69 Å². The highest BCUT2D eigenvalue weighted by molar-refractivity contribution is 6.08. The molecule has 7 nitrogen and oxygen atoms in total. The van der Waals surface area contributed by atoms with Gasteiger partial charge < -0.3 is 19.9 Å². The molecule has 0 aromatic heterocycles. The number of amides is 1. The summed E-state index contributed by atoms with van der Waals surface area (Å²) >= 11 is 0. The number of aromatic hydroxyl groups is 1. The van der Waals surface area contributed by atoms with Gasteiger partial charge in [-0.2, -0.15) is 0 Å². The lowest BCUT2D eigenvalue weighted by molar-refractivity contribution is -0.143. The molecular formula is C21H23NO6. The fourth-order valence-corrected chi connectivity index (χ4v) is 2.57. The molecule has 0 aliphatic carbocycles. The monoisotopic (exact) mass is 385 g/mol. The van der Waals surface area contributed by atoms with E-state index in [0.29, 0.717) is 11.3 Å². The lowest BCUT2D eigenvalue weighted by atomic mass is 10.0. The van der Waals surface area contributed by atoms with Gasteiger partial charge in [-0.05, 0) is 56.2 Å². The summed E-state index contributed by atoms with van der Waals surface area (Å²) < 4.78 is 9.87. The molecule has 7 heteroatoms. The number of nitrogens with one attached hydrogen (secondary N) is 1. The predicted molar refractivity (Wildman–Crippen MR) is 103 cm³/mol. The summed E-state index contributed by atoms with van der Waals surface area (Å²) in [5, 5.41) is 12.7. The van der Waals surface area contributed by atoms with Crippen molar-refractivity contribution in [2.75, 3.05) is 18.5 Å². The lowest BCUT2D eigenvalue weighted by Crippen LogP contribution is -2.16. The molecule has 0 aliphatic heterocycles. The molecule has 0 fully saturated rings. The Bertz CT molecular complexity index is 862. The van der Waals surface area contributed by atoms with Crippen molar-refractivity contribution in [1.82, 2.24) is 0 Å². The highest BCUT2D eigenvalue weighted by Gasteiger charge is 2.16. The standard InChI is InChI=1S/C21H23NO6/c1-3-27-19(24)12-10-14-13-15(9-11-18(14)23)20(25)22-17-8-6-5-7-16(17)21(26)28-4-2/h5-9,11,13,23H,3-4,10,12H2,1-2H3,(H,22,25). The highest BCUT2D eigenvalue weighted by atomic mass is 16.5. The zero-order chi connectivity index (χ0) is 20.5.